The lowest BCUT2D eigenvalue weighted by Crippen LogP contribution is -2.41. The first kappa shape index (κ1) is 14.3. The van der Waals surface area contributed by atoms with Gasteiger partial charge in [0.25, 0.3) is 0 Å². The molecule has 0 saturated heterocycles. The van der Waals surface area contributed by atoms with E-state index in [0.717, 1.165) is 19.1 Å². The van der Waals surface area contributed by atoms with Crippen LogP contribution in [0.4, 0.5) is 0 Å². The number of hydrogen-bond acceptors (Lipinski definition) is 2. The second kappa shape index (κ2) is 7.46. The van der Waals surface area contributed by atoms with Crippen molar-refractivity contribution in [2.75, 3.05) is 6.54 Å². The first-order chi connectivity index (χ1) is 8.78. The number of nitrogens with one attached hydrogen (secondary N) is 2. The molecule has 2 nitrogen and oxygen atoms in total. The van der Waals surface area contributed by atoms with Crippen molar-refractivity contribution in [3.8, 4) is 0 Å². The SMILES string of the molecule is CCN[C@H]1CCC[C@@H](NCc2cccc(I)c2)C1. The smallest absolute Gasteiger partial charge is 0.0208 e. The van der Waals surface area contributed by atoms with Gasteiger partial charge in [0.15, 0.2) is 0 Å². The van der Waals surface area contributed by atoms with Gasteiger partial charge in [-0.3, -0.25) is 0 Å². The minimum atomic E-state index is 0.681. The average molecular weight is 358 g/mol. The first-order valence-electron chi connectivity index (χ1n) is 6.99. The molecule has 1 aliphatic carbocycles. The monoisotopic (exact) mass is 358 g/mol. The van der Waals surface area contributed by atoms with Crippen molar-refractivity contribution in [1.29, 1.82) is 0 Å². The lowest BCUT2D eigenvalue weighted by Gasteiger charge is -2.30. The fourth-order valence-electron chi connectivity index (χ4n) is 2.76. The molecule has 0 bridgehead atoms. The molecule has 0 heterocycles. The fourth-order valence-corrected chi connectivity index (χ4v) is 3.37. The van der Waals surface area contributed by atoms with Crippen LogP contribution in [0.15, 0.2) is 24.3 Å². The molecule has 0 radical (unpaired) electrons. The maximum absolute atomic E-state index is 3.71. The van der Waals surface area contributed by atoms with E-state index in [2.05, 4.69) is 64.4 Å². The van der Waals surface area contributed by atoms with Gasteiger partial charge < -0.3 is 10.6 Å². The molecule has 1 aromatic rings. The third-order valence-corrected chi connectivity index (χ3v) is 4.32. The summed E-state index contributed by atoms with van der Waals surface area (Å²) in [4.78, 5) is 0. The number of halogens is 1. The molecule has 3 heteroatoms. The molecular formula is C15H23IN2. The first-order valence-corrected chi connectivity index (χ1v) is 8.07. The quantitative estimate of drug-likeness (QED) is 0.790. The summed E-state index contributed by atoms with van der Waals surface area (Å²) in [5.41, 5.74) is 1.40. The Labute approximate surface area is 124 Å². The molecule has 0 amide bonds. The highest BCUT2D eigenvalue weighted by Crippen LogP contribution is 2.19. The van der Waals surface area contributed by atoms with Crippen LogP contribution in [-0.2, 0) is 6.54 Å². The predicted molar refractivity (Wildman–Crippen MR) is 85.7 cm³/mol. The molecule has 1 saturated carbocycles. The van der Waals surface area contributed by atoms with Crippen LogP contribution in [0.2, 0.25) is 0 Å². The molecule has 2 atom stereocenters. The van der Waals surface area contributed by atoms with Crippen molar-refractivity contribution in [3.63, 3.8) is 0 Å². The minimum Gasteiger partial charge on any atom is -0.314 e. The van der Waals surface area contributed by atoms with E-state index in [0.29, 0.717) is 6.04 Å². The Morgan fingerprint density at radius 1 is 1.22 bits per heavy atom. The van der Waals surface area contributed by atoms with Gasteiger partial charge in [-0.1, -0.05) is 25.5 Å². The van der Waals surface area contributed by atoms with Crippen molar-refractivity contribution < 1.29 is 0 Å². The van der Waals surface area contributed by atoms with Gasteiger partial charge in [-0.2, -0.15) is 0 Å². The Morgan fingerprint density at radius 2 is 2.00 bits per heavy atom. The van der Waals surface area contributed by atoms with Gasteiger partial charge in [0, 0.05) is 22.2 Å². The minimum absolute atomic E-state index is 0.681. The van der Waals surface area contributed by atoms with Crippen LogP contribution in [-0.4, -0.2) is 18.6 Å². The van der Waals surface area contributed by atoms with Crippen LogP contribution in [0.3, 0.4) is 0 Å². The third kappa shape index (κ3) is 4.52. The fraction of sp³-hybridized carbons (Fsp3) is 0.600. The zero-order chi connectivity index (χ0) is 12.8. The van der Waals surface area contributed by atoms with E-state index in [-0.39, 0.29) is 0 Å². The van der Waals surface area contributed by atoms with Crippen molar-refractivity contribution in [1.82, 2.24) is 10.6 Å². The zero-order valence-electron chi connectivity index (χ0n) is 11.1. The summed E-state index contributed by atoms with van der Waals surface area (Å²) in [6.45, 7) is 4.29. The van der Waals surface area contributed by atoms with E-state index in [9.17, 15) is 0 Å². The van der Waals surface area contributed by atoms with Crippen LogP contribution < -0.4 is 10.6 Å². The van der Waals surface area contributed by atoms with Crippen molar-refractivity contribution in [3.05, 3.63) is 33.4 Å². The van der Waals surface area contributed by atoms with Crippen LogP contribution in [0, 0.1) is 3.57 Å². The average Bonchev–Trinajstić information content (AvgIpc) is 2.37. The normalized spacial score (nSPS) is 24.1. The highest BCUT2D eigenvalue weighted by Gasteiger charge is 2.20. The Balaban J connectivity index is 1.79. The van der Waals surface area contributed by atoms with Gasteiger partial charge in [0.1, 0.15) is 0 Å². The van der Waals surface area contributed by atoms with Crippen LogP contribution in [0.5, 0.6) is 0 Å². The lowest BCUT2D eigenvalue weighted by atomic mass is 9.91. The molecule has 0 spiro atoms. The van der Waals surface area contributed by atoms with E-state index in [1.165, 1.54) is 34.8 Å². The summed E-state index contributed by atoms with van der Waals surface area (Å²) in [7, 11) is 0. The summed E-state index contributed by atoms with van der Waals surface area (Å²) < 4.78 is 1.32. The van der Waals surface area contributed by atoms with Crippen molar-refractivity contribution in [2.45, 2.75) is 51.2 Å². The van der Waals surface area contributed by atoms with Crippen molar-refractivity contribution in [2.24, 2.45) is 0 Å². The van der Waals surface area contributed by atoms with E-state index in [1.807, 2.05) is 0 Å². The highest BCUT2D eigenvalue weighted by atomic mass is 127. The number of benzene rings is 1. The molecule has 1 fully saturated rings. The Kier molecular flexibility index (Phi) is 5.92. The summed E-state index contributed by atoms with van der Waals surface area (Å²) in [6, 6.07) is 10.2. The van der Waals surface area contributed by atoms with Crippen LogP contribution in [0.25, 0.3) is 0 Å². The molecule has 0 aromatic heterocycles. The van der Waals surface area contributed by atoms with Gasteiger partial charge in [-0.05, 0) is 66.1 Å². The van der Waals surface area contributed by atoms with Gasteiger partial charge in [-0.15, -0.1) is 0 Å². The van der Waals surface area contributed by atoms with Gasteiger partial charge in [0.05, 0.1) is 0 Å². The van der Waals surface area contributed by atoms with E-state index >= 15 is 0 Å². The van der Waals surface area contributed by atoms with E-state index in [1.54, 1.807) is 0 Å². The summed E-state index contributed by atoms with van der Waals surface area (Å²) in [5.74, 6) is 0. The summed E-state index contributed by atoms with van der Waals surface area (Å²) in [5, 5.41) is 7.29. The predicted octanol–water partition coefficient (Wildman–Crippen LogP) is 3.30. The molecule has 2 N–H and O–H groups in total. The Morgan fingerprint density at radius 3 is 2.72 bits per heavy atom. The second-order valence-electron chi connectivity index (χ2n) is 5.13. The Bertz CT molecular complexity index is 365. The Hall–Kier alpha value is -0.130. The van der Waals surface area contributed by atoms with Gasteiger partial charge >= 0.3 is 0 Å². The molecule has 1 aromatic carbocycles. The van der Waals surface area contributed by atoms with E-state index < -0.39 is 0 Å². The molecule has 18 heavy (non-hydrogen) atoms. The third-order valence-electron chi connectivity index (χ3n) is 3.65. The maximum atomic E-state index is 3.71. The van der Waals surface area contributed by atoms with Crippen molar-refractivity contribution >= 4 is 22.6 Å². The van der Waals surface area contributed by atoms with E-state index in [4.69, 9.17) is 0 Å². The molecular weight excluding hydrogens is 335 g/mol. The number of hydrogen-bond donors (Lipinski definition) is 2. The van der Waals surface area contributed by atoms with Crippen LogP contribution in [0.1, 0.15) is 38.2 Å². The topological polar surface area (TPSA) is 24.1 Å². The molecule has 100 valence electrons. The largest absolute Gasteiger partial charge is 0.314 e. The van der Waals surface area contributed by atoms with Gasteiger partial charge in [-0.25, -0.2) is 0 Å². The van der Waals surface area contributed by atoms with Gasteiger partial charge in [0.2, 0.25) is 0 Å². The maximum Gasteiger partial charge on any atom is 0.0208 e. The number of rotatable bonds is 5. The summed E-state index contributed by atoms with van der Waals surface area (Å²) >= 11 is 2.38. The second-order valence-corrected chi connectivity index (χ2v) is 6.37. The molecule has 0 aliphatic heterocycles. The standard InChI is InChI=1S/C15H23IN2/c1-2-17-14-7-4-8-15(10-14)18-11-12-5-3-6-13(16)9-12/h3,5-6,9,14-15,17-18H,2,4,7-8,10-11H2,1H3/t14-,15+/m0/s1. The summed E-state index contributed by atoms with van der Waals surface area (Å²) in [6.07, 6.45) is 5.29. The highest BCUT2D eigenvalue weighted by molar-refractivity contribution is 14.1. The lowest BCUT2D eigenvalue weighted by molar-refractivity contribution is 0.304. The molecule has 1 aliphatic rings. The molecule has 0 unspecified atom stereocenters. The molecule has 2 rings (SSSR count). The zero-order valence-corrected chi connectivity index (χ0v) is 13.2. The van der Waals surface area contributed by atoms with Crippen LogP contribution >= 0.6 is 22.6 Å².